The summed E-state index contributed by atoms with van der Waals surface area (Å²) in [6.45, 7) is 4.67. The predicted molar refractivity (Wildman–Crippen MR) is 109 cm³/mol. The van der Waals surface area contributed by atoms with Gasteiger partial charge in [0.15, 0.2) is 0 Å². The summed E-state index contributed by atoms with van der Waals surface area (Å²) in [7, 11) is 0. The molecule has 1 saturated carbocycles. The summed E-state index contributed by atoms with van der Waals surface area (Å²) in [5, 5.41) is 9.10. The summed E-state index contributed by atoms with van der Waals surface area (Å²) < 4.78 is 0. The van der Waals surface area contributed by atoms with Crippen molar-refractivity contribution in [2.45, 2.75) is 90.5 Å². The fourth-order valence-electron chi connectivity index (χ4n) is 5.03. The number of amides is 2. The van der Waals surface area contributed by atoms with Crippen LogP contribution in [-0.2, 0) is 14.4 Å². The van der Waals surface area contributed by atoms with E-state index in [0.717, 1.165) is 38.6 Å². The van der Waals surface area contributed by atoms with Gasteiger partial charge in [0.1, 0.15) is 6.54 Å². The van der Waals surface area contributed by atoms with Gasteiger partial charge in [0, 0.05) is 32.0 Å². The van der Waals surface area contributed by atoms with E-state index in [1.54, 1.807) is 0 Å². The van der Waals surface area contributed by atoms with Gasteiger partial charge >= 0.3 is 5.97 Å². The number of carboxylic acid groups (broad SMARTS) is 1. The van der Waals surface area contributed by atoms with Crippen molar-refractivity contribution in [2.75, 3.05) is 19.6 Å². The summed E-state index contributed by atoms with van der Waals surface area (Å²) in [5.74, 6) is -0.0952. The zero-order chi connectivity index (χ0) is 20.5. The minimum Gasteiger partial charge on any atom is -0.480 e. The Kier molecular flexibility index (Phi) is 9.26. The molecule has 1 aliphatic heterocycles. The topological polar surface area (TPSA) is 77.9 Å². The van der Waals surface area contributed by atoms with Crippen LogP contribution in [0.2, 0.25) is 0 Å². The molecule has 0 aromatic heterocycles. The van der Waals surface area contributed by atoms with Gasteiger partial charge in [-0.25, -0.2) is 0 Å². The van der Waals surface area contributed by atoms with Crippen molar-refractivity contribution >= 4 is 17.8 Å². The average molecular weight is 395 g/mol. The molecule has 2 aliphatic rings. The van der Waals surface area contributed by atoms with Gasteiger partial charge in [0.2, 0.25) is 11.8 Å². The molecule has 6 nitrogen and oxygen atoms in total. The van der Waals surface area contributed by atoms with Crippen molar-refractivity contribution in [3.05, 3.63) is 0 Å². The van der Waals surface area contributed by atoms with Crippen molar-refractivity contribution in [3.63, 3.8) is 0 Å². The van der Waals surface area contributed by atoms with Gasteiger partial charge < -0.3 is 14.9 Å². The van der Waals surface area contributed by atoms with Crippen LogP contribution >= 0.6 is 0 Å². The number of hydrogen-bond donors (Lipinski definition) is 1. The van der Waals surface area contributed by atoms with Gasteiger partial charge in [-0.1, -0.05) is 45.4 Å². The maximum atomic E-state index is 13.3. The molecule has 2 amide bonds. The van der Waals surface area contributed by atoms with Crippen LogP contribution in [0.1, 0.15) is 84.5 Å². The molecule has 2 fully saturated rings. The highest BCUT2D eigenvalue weighted by Gasteiger charge is 2.31. The van der Waals surface area contributed by atoms with E-state index in [1.807, 2.05) is 4.90 Å². The number of rotatable bonds is 8. The lowest BCUT2D eigenvalue weighted by atomic mass is 9.81. The van der Waals surface area contributed by atoms with E-state index < -0.39 is 5.97 Å². The Balaban J connectivity index is 1.96. The van der Waals surface area contributed by atoms with Gasteiger partial charge in [-0.15, -0.1) is 0 Å². The van der Waals surface area contributed by atoms with Gasteiger partial charge in [-0.2, -0.15) is 0 Å². The van der Waals surface area contributed by atoms with Crippen LogP contribution in [0.15, 0.2) is 0 Å². The molecule has 0 radical (unpaired) electrons. The maximum Gasteiger partial charge on any atom is 0.323 e. The standard InChI is InChI=1S/C22H38N2O4/c1-3-8-19(15-18-9-5-4-6-10-18)22(28)23-13-7-11-20(12-14-23)24(17(2)25)16-21(26)27/h18-20H,3-16H2,1-2H3,(H,26,27). The number of nitrogens with zero attached hydrogens (tertiary/aromatic N) is 2. The van der Waals surface area contributed by atoms with Crippen LogP contribution < -0.4 is 0 Å². The summed E-state index contributed by atoms with van der Waals surface area (Å²) in [4.78, 5) is 39.7. The number of likely N-dealkylation sites (tertiary alicyclic amines) is 1. The van der Waals surface area contributed by atoms with Gasteiger partial charge in [0.05, 0.1) is 0 Å². The first kappa shape index (κ1) is 22.7. The number of carbonyl (C=O) groups is 3. The molecule has 1 aliphatic carbocycles. The van der Waals surface area contributed by atoms with E-state index in [2.05, 4.69) is 6.92 Å². The smallest absolute Gasteiger partial charge is 0.323 e. The lowest BCUT2D eigenvalue weighted by Gasteiger charge is -2.31. The predicted octanol–water partition coefficient (Wildman–Crippen LogP) is 3.69. The van der Waals surface area contributed by atoms with Crippen molar-refractivity contribution in [2.24, 2.45) is 11.8 Å². The van der Waals surface area contributed by atoms with Crippen LogP contribution in [0, 0.1) is 11.8 Å². The number of carboxylic acids is 1. The highest BCUT2D eigenvalue weighted by Crippen LogP contribution is 2.32. The molecule has 0 aromatic carbocycles. The van der Waals surface area contributed by atoms with Crippen LogP contribution in [0.5, 0.6) is 0 Å². The zero-order valence-corrected chi connectivity index (χ0v) is 17.7. The summed E-state index contributed by atoms with van der Waals surface area (Å²) in [6, 6.07) is -0.0885. The van der Waals surface area contributed by atoms with Crippen molar-refractivity contribution in [1.82, 2.24) is 9.80 Å². The van der Waals surface area contributed by atoms with Crippen LogP contribution in [0.4, 0.5) is 0 Å². The number of hydrogen-bond acceptors (Lipinski definition) is 3. The highest BCUT2D eigenvalue weighted by atomic mass is 16.4. The van der Waals surface area contributed by atoms with Gasteiger partial charge in [-0.05, 0) is 38.0 Å². The first-order valence-electron chi connectivity index (χ1n) is 11.2. The molecule has 2 unspecified atom stereocenters. The molecule has 0 bridgehead atoms. The second kappa shape index (κ2) is 11.4. The zero-order valence-electron chi connectivity index (χ0n) is 17.7. The highest BCUT2D eigenvalue weighted by molar-refractivity contribution is 5.80. The fourth-order valence-corrected chi connectivity index (χ4v) is 5.03. The lowest BCUT2D eigenvalue weighted by Crippen LogP contribution is -2.43. The summed E-state index contributed by atoms with van der Waals surface area (Å²) >= 11 is 0. The fraction of sp³-hybridized carbons (Fsp3) is 0.864. The molecule has 2 atom stereocenters. The molecule has 2 rings (SSSR count). The Labute approximate surface area is 169 Å². The van der Waals surface area contributed by atoms with Gasteiger partial charge in [-0.3, -0.25) is 14.4 Å². The number of aliphatic carboxylic acids is 1. The third kappa shape index (κ3) is 6.78. The van der Waals surface area contributed by atoms with E-state index in [1.165, 1.54) is 43.9 Å². The minimum absolute atomic E-state index is 0.0885. The molecule has 1 saturated heterocycles. The van der Waals surface area contributed by atoms with Crippen LogP contribution in [-0.4, -0.2) is 58.4 Å². The van der Waals surface area contributed by atoms with Crippen molar-refractivity contribution in [1.29, 1.82) is 0 Å². The Hall–Kier alpha value is -1.59. The monoisotopic (exact) mass is 394 g/mol. The Morgan fingerprint density at radius 1 is 1.04 bits per heavy atom. The second-order valence-corrected chi connectivity index (χ2v) is 8.68. The molecular weight excluding hydrogens is 356 g/mol. The van der Waals surface area contributed by atoms with E-state index in [-0.39, 0.29) is 30.3 Å². The van der Waals surface area contributed by atoms with Crippen molar-refractivity contribution < 1.29 is 19.5 Å². The summed E-state index contributed by atoms with van der Waals surface area (Å²) in [6.07, 6.45) is 11.7. The average Bonchev–Trinajstić information content (AvgIpc) is 2.92. The molecule has 1 heterocycles. The van der Waals surface area contributed by atoms with E-state index in [9.17, 15) is 14.4 Å². The molecule has 0 spiro atoms. The molecule has 6 heteroatoms. The molecule has 1 N–H and O–H groups in total. The maximum absolute atomic E-state index is 13.3. The Morgan fingerprint density at radius 3 is 2.36 bits per heavy atom. The molecule has 0 aromatic rings. The molecule has 28 heavy (non-hydrogen) atoms. The minimum atomic E-state index is -0.983. The second-order valence-electron chi connectivity index (χ2n) is 8.68. The van der Waals surface area contributed by atoms with E-state index >= 15 is 0 Å². The molecule has 160 valence electrons. The lowest BCUT2D eigenvalue weighted by molar-refractivity contribution is -0.145. The normalized spacial score (nSPS) is 22.4. The largest absolute Gasteiger partial charge is 0.480 e. The number of carbonyl (C=O) groups excluding carboxylic acids is 2. The van der Waals surface area contributed by atoms with E-state index in [0.29, 0.717) is 18.9 Å². The van der Waals surface area contributed by atoms with E-state index in [4.69, 9.17) is 5.11 Å². The third-order valence-electron chi connectivity index (χ3n) is 6.49. The summed E-state index contributed by atoms with van der Waals surface area (Å²) in [5.41, 5.74) is 0. The van der Waals surface area contributed by atoms with Gasteiger partial charge in [0.25, 0.3) is 0 Å². The van der Waals surface area contributed by atoms with Crippen LogP contribution in [0.3, 0.4) is 0 Å². The SMILES string of the molecule is CCCC(CC1CCCCC1)C(=O)N1CCCC(N(CC(=O)O)C(C)=O)CC1. The van der Waals surface area contributed by atoms with Crippen molar-refractivity contribution in [3.8, 4) is 0 Å². The third-order valence-corrected chi connectivity index (χ3v) is 6.49. The molecular formula is C22H38N2O4. The first-order valence-corrected chi connectivity index (χ1v) is 11.2. The van der Waals surface area contributed by atoms with Crippen LogP contribution in [0.25, 0.3) is 0 Å². The first-order chi connectivity index (χ1) is 13.4. The quantitative estimate of drug-likeness (QED) is 0.681. The Morgan fingerprint density at radius 2 is 1.75 bits per heavy atom. The Bertz CT molecular complexity index is 531.